The zero-order chi connectivity index (χ0) is 10.9. The first-order valence-corrected chi connectivity index (χ1v) is 8.75. The van der Waals surface area contributed by atoms with Crippen LogP contribution in [0.15, 0.2) is 0 Å². The van der Waals surface area contributed by atoms with Crippen LogP contribution in [-0.4, -0.2) is 14.9 Å². The topological polar surface area (TPSA) is 33.0 Å². The van der Waals surface area contributed by atoms with E-state index in [9.17, 15) is 0 Å². The van der Waals surface area contributed by atoms with Gasteiger partial charge in [0, 0.05) is 13.0 Å². The third-order valence-electron chi connectivity index (χ3n) is 2.31. The van der Waals surface area contributed by atoms with Gasteiger partial charge in [-0.1, -0.05) is 19.8 Å². The maximum atomic E-state index is 8.43. The minimum atomic E-state index is -1.44. The van der Waals surface area contributed by atoms with Crippen LogP contribution >= 0.6 is 0 Å². The molecule has 0 rings (SSSR count). The molecular weight excluding hydrogens is 190 g/mol. The van der Waals surface area contributed by atoms with Crippen LogP contribution in [-0.2, 0) is 4.43 Å². The number of unbranched alkanes of at least 4 members (excludes halogenated alkanes) is 3. The van der Waals surface area contributed by atoms with Gasteiger partial charge in [0.05, 0.1) is 6.07 Å². The number of hydrogen-bond donors (Lipinski definition) is 0. The maximum absolute atomic E-state index is 8.43. The van der Waals surface area contributed by atoms with Crippen LogP contribution in [0.25, 0.3) is 0 Å². The van der Waals surface area contributed by atoms with Gasteiger partial charge in [0.1, 0.15) is 0 Å². The van der Waals surface area contributed by atoms with Crippen molar-refractivity contribution in [2.75, 3.05) is 6.61 Å². The van der Waals surface area contributed by atoms with Gasteiger partial charge in [0.25, 0.3) is 0 Å². The van der Waals surface area contributed by atoms with E-state index >= 15 is 0 Å². The van der Waals surface area contributed by atoms with Crippen LogP contribution in [0.4, 0.5) is 0 Å². The average Bonchev–Trinajstić information content (AvgIpc) is 2.13. The summed E-state index contributed by atoms with van der Waals surface area (Å²) in [5, 5.41) is 8.43. The SMILES string of the molecule is CCCCCO[Si](C)(C)CCCC#N. The zero-order valence-corrected chi connectivity index (χ0v) is 10.8. The summed E-state index contributed by atoms with van der Waals surface area (Å²) < 4.78 is 5.91. The second-order valence-electron chi connectivity index (χ2n) is 4.33. The predicted molar refractivity (Wildman–Crippen MR) is 62.6 cm³/mol. The van der Waals surface area contributed by atoms with Crippen molar-refractivity contribution in [3.8, 4) is 6.07 Å². The molecule has 0 fully saturated rings. The molecule has 0 saturated heterocycles. The highest BCUT2D eigenvalue weighted by Gasteiger charge is 2.20. The van der Waals surface area contributed by atoms with E-state index in [2.05, 4.69) is 26.1 Å². The summed E-state index contributed by atoms with van der Waals surface area (Å²) in [7, 11) is -1.44. The Morgan fingerprint density at radius 2 is 1.93 bits per heavy atom. The van der Waals surface area contributed by atoms with Crippen molar-refractivity contribution >= 4 is 8.32 Å². The molecule has 82 valence electrons. The molecule has 0 amide bonds. The van der Waals surface area contributed by atoms with Gasteiger partial charge in [-0.15, -0.1) is 0 Å². The number of hydrogen-bond acceptors (Lipinski definition) is 2. The van der Waals surface area contributed by atoms with Crippen molar-refractivity contribution in [1.29, 1.82) is 5.26 Å². The number of rotatable bonds is 8. The Balaban J connectivity index is 3.46. The molecule has 14 heavy (non-hydrogen) atoms. The minimum absolute atomic E-state index is 0.675. The first-order valence-electron chi connectivity index (χ1n) is 5.63. The Morgan fingerprint density at radius 1 is 1.21 bits per heavy atom. The van der Waals surface area contributed by atoms with E-state index < -0.39 is 8.32 Å². The lowest BCUT2D eigenvalue weighted by molar-refractivity contribution is 0.295. The highest BCUT2D eigenvalue weighted by Crippen LogP contribution is 2.15. The first-order chi connectivity index (χ1) is 6.62. The molecule has 0 spiro atoms. The van der Waals surface area contributed by atoms with Gasteiger partial charge >= 0.3 is 0 Å². The molecule has 0 aromatic carbocycles. The molecule has 0 bridgehead atoms. The van der Waals surface area contributed by atoms with E-state index in [0.717, 1.165) is 19.1 Å². The molecule has 0 atom stereocenters. The highest BCUT2D eigenvalue weighted by atomic mass is 28.4. The Bertz CT molecular complexity index is 175. The monoisotopic (exact) mass is 213 g/mol. The molecule has 0 aliphatic carbocycles. The quantitative estimate of drug-likeness (QED) is 0.455. The second-order valence-corrected chi connectivity index (χ2v) is 8.63. The van der Waals surface area contributed by atoms with Gasteiger partial charge < -0.3 is 4.43 Å². The summed E-state index contributed by atoms with van der Waals surface area (Å²) >= 11 is 0. The molecular formula is C11H23NOSi. The zero-order valence-electron chi connectivity index (χ0n) is 9.81. The Morgan fingerprint density at radius 3 is 2.50 bits per heavy atom. The maximum Gasteiger partial charge on any atom is 0.186 e. The third-order valence-corrected chi connectivity index (χ3v) is 4.85. The molecule has 3 heteroatoms. The van der Waals surface area contributed by atoms with Crippen LogP contribution in [0.5, 0.6) is 0 Å². The highest BCUT2D eigenvalue weighted by molar-refractivity contribution is 6.71. The van der Waals surface area contributed by atoms with Gasteiger partial charge in [-0.2, -0.15) is 5.26 Å². The van der Waals surface area contributed by atoms with Gasteiger partial charge in [0.15, 0.2) is 8.32 Å². The largest absolute Gasteiger partial charge is 0.417 e. The lowest BCUT2D eigenvalue weighted by Crippen LogP contribution is -2.30. The van der Waals surface area contributed by atoms with Crippen LogP contribution in [0.3, 0.4) is 0 Å². The van der Waals surface area contributed by atoms with Crippen molar-refractivity contribution in [2.24, 2.45) is 0 Å². The normalized spacial score (nSPS) is 11.3. The lowest BCUT2D eigenvalue weighted by Gasteiger charge is -2.22. The Kier molecular flexibility index (Phi) is 7.82. The lowest BCUT2D eigenvalue weighted by atomic mass is 10.3. The summed E-state index contributed by atoms with van der Waals surface area (Å²) in [5.74, 6) is 0. The van der Waals surface area contributed by atoms with Crippen LogP contribution in [0.1, 0.15) is 39.0 Å². The summed E-state index contributed by atoms with van der Waals surface area (Å²) in [6.07, 6.45) is 5.38. The Hall–Kier alpha value is -0.333. The summed E-state index contributed by atoms with van der Waals surface area (Å²) in [4.78, 5) is 0. The summed E-state index contributed by atoms with van der Waals surface area (Å²) in [5.41, 5.74) is 0. The molecule has 0 radical (unpaired) electrons. The van der Waals surface area contributed by atoms with E-state index in [-0.39, 0.29) is 0 Å². The minimum Gasteiger partial charge on any atom is -0.417 e. The molecule has 0 aliphatic heterocycles. The van der Waals surface area contributed by atoms with Gasteiger partial charge in [-0.05, 0) is 32.0 Å². The van der Waals surface area contributed by atoms with E-state index in [1.807, 2.05) is 0 Å². The van der Waals surface area contributed by atoms with Gasteiger partial charge in [-0.3, -0.25) is 0 Å². The van der Waals surface area contributed by atoms with E-state index in [1.165, 1.54) is 19.3 Å². The Labute approximate surface area is 89.4 Å². The van der Waals surface area contributed by atoms with Crippen molar-refractivity contribution in [1.82, 2.24) is 0 Å². The molecule has 0 aromatic heterocycles. The standard InChI is InChI=1S/C11H23NOSi/c1-4-5-7-10-13-14(2,3)11-8-6-9-12/h4-8,10-11H2,1-3H3. The fourth-order valence-corrected chi connectivity index (χ4v) is 3.24. The van der Waals surface area contributed by atoms with E-state index in [4.69, 9.17) is 9.69 Å². The fraction of sp³-hybridized carbons (Fsp3) is 0.909. The smallest absolute Gasteiger partial charge is 0.186 e. The molecule has 0 unspecified atom stereocenters. The van der Waals surface area contributed by atoms with Crippen molar-refractivity contribution < 1.29 is 4.43 Å². The number of nitriles is 1. The second kappa shape index (κ2) is 8.02. The number of nitrogens with zero attached hydrogens (tertiary/aromatic N) is 1. The van der Waals surface area contributed by atoms with Crippen molar-refractivity contribution in [3.63, 3.8) is 0 Å². The molecule has 2 nitrogen and oxygen atoms in total. The molecule has 0 aromatic rings. The molecule has 0 N–H and O–H groups in total. The summed E-state index contributed by atoms with van der Waals surface area (Å²) in [6, 6.07) is 3.30. The molecule has 0 heterocycles. The average molecular weight is 213 g/mol. The van der Waals surface area contributed by atoms with Crippen LogP contribution < -0.4 is 0 Å². The summed E-state index contributed by atoms with van der Waals surface area (Å²) in [6.45, 7) is 7.61. The first kappa shape index (κ1) is 13.7. The van der Waals surface area contributed by atoms with E-state index in [1.54, 1.807) is 0 Å². The molecule has 0 saturated carbocycles. The van der Waals surface area contributed by atoms with Crippen molar-refractivity contribution in [3.05, 3.63) is 0 Å². The van der Waals surface area contributed by atoms with Gasteiger partial charge in [-0.25, -0.2) is 0 Å². The van der Waals surface area contributed by atoms with Crippen LogP contribution in [0, 0.1) is 11.3 Å². The van der Waals surface area contributed by atoms with Gasteiger partial charge in [0.2, 0.25) is 0 Å². The van der Waals surface area contributed by atoms with Crippen LogP contribution in [0.2, 0.25) is 19.1 Å². The van der Waals surface area contributed by atoms with Crippen molar-refractivity contribution in [2.45, 2.75) is 58.2 Å². The molecule has 0 aliphatic rings. The van der Waals surface area contributed by atoms with E-state index in [0.29, 0.717) is 6.42 Å². The predicted octanol–water partition coefficient (Wildman–Crippen LogP) is 3.70. The third kappa shape index (κ3) is 8.27. The fourth-order valence-electron chi connectivity index (χ4n) is 1.37.